The van der Waals surface area contributed by atoms with Crippen LogP contribution in [0.25, 0.3) is 10.4 Å². The number of hydrogen-bond donors (Lipinski definition) is 0. The highest BCUT2D eigenvalue weighted by molar-refractivity contribution is 7.09. The molecule has 0 fully saturated rings. The first-order valence-corrected chi connectivity index (χ1v) is 8.84. The molecule has 1 aliphatic heterocycles. The highest BCUT2D eigenvalue weighted by Gasteiger charge is 2.42. The molecule has 27 heavy (non-hydrogen) atoms. The van der Waals surface area contributed by atoms with E-state index in [4.69, 9.17) is 0 Å². The molecule has 3 heterocycles. The molecule has 4 rings (SSSR count). The number of benzene rings is 1. The van der Waals surface area contributed by atoms with Crippen molar-refractivity contribution in [2.24, 2.45) is 0 Å². The van der Waals surface area contributed by atoms with Crippen LogP contribution < -0.4 is 0 Å². The zero-order chi connectivity index (χ0) is 19.2. The summed E-state index contributed by atoms with van der Waals surface area (Å²) >= 11 is 1.10. The van der Waals surface area contributed by atoms with Gasteiger partial charge in [0.25, 0.3) is 5.91 Å². The van der Waals surface area contributed by atoms with Gasteiger partial charge in [-0.15, -0.1) is 15.3 Å². The van der Waals surface area contributed by atoms with Gasteiger partial charge in [-0.3, -0.25) is 4.79 Å². The van der Waals surface area contributed by atoms with Gasteiger partial charge in [-0.2, -0.15) is 13.2 Å². The lowest BCUT2D eigenvalue weighted by Gasteiger charge is -2.33. The fourth-order valence-electron chi connectivity index (χ4n) is 3.12. The lowest BCUT2D eigenvalue weighted by Crippen LogP contribution is -2.42. The van der Waals surface area contributed by atoms with Crippen LogP contribution in [-0.2, 0) is 12.7 Å². The molecule has 0 N–H and O–H groups in total. The van der Waals surface area contributed by atoms with Crippen molar-refractivity contribution in [2.45, 2.75) is 25.7 Å². The van der Waals surface area contributed by atoms with E-state index in [0.29, 0.717) is 4.88 Å². The minimum absolute atomic E-state index is 0.0362. The molecule has 0 spiro atoms. The molecule has 1 unspecified atom stereocenters. The van der Waals surface area contributed by atoms with E-state index in [9.17, 15) is 18.0 Å². The molecule has 11 heteroatoms. The van der Waals surface area contributed by atoms with E-state index in [0.717, 1.165) is 21.7 Å². The van der Waals surface area contributed by atoms with E-state index < -0.39 is 23.9 Å². The number of halogens is 3. The summed E-state index contributed by atoms with van der Waals surface area (Å²) in [5, 5.41) is 10.9. The van der Waals surface area contributed by atoms with Crippen molar-refractivity contribution in [1.82, 2.24) is 29.3 Å². The molecule has 1 atom stereocenters. The van der Waals surface area contributed by atoms with Gasteiger partial charge in [0, 0.05) is 13.1 Å². The Bertz CT molecular complexity index is 984. The second-order valence-corrected chi connectivity index (χ2v) is 6.78. The Balaban J connectivity index is 1.66. The average Bonchev–Trinajstić information content (AvgIpc) is 3.29. The van der Waals surface area contributed by atoms with E-state index in [1.165, 1.54) is 4.90 Å². The van der Waals surface area contributed by atoms with E-state index in [2.05, 4.69) is 19.8 Å². The lowest BCUT2D eigenvalue weighted by molar-refractivity contribution is -0.148. The predicted molar refractivity (Wildman–Crippen MR) is 89.8 cm³/mol. The summed E-state index contributed by atoms with van der Waals surface area (Å²) in [5.41, 5.74) is 0.991. The van der Waals surface area contributed by atoms with Gasteiger partial charge in [0.2, 0.25) is 5.82 Å². The van der Waals surface area contributed by atoms with Crippen LogP contribution in [0.2, 0.25) is 0 Å². The van der Waals surface area contributed by atoms with E-state index in [1.807, 2.05) is 30.3 Å². The summed E-state index contributed by atoms with van der Waals surface area (Å²) in [7, 11) is 0. The molecule has 3 aromatic rings. The van der Waals surface area contributed by atoms with Gasteiger partial charge < -0.3 is 9.47 Å². The van der Waals surface area contributed by atoms with Crippen molar-refractivity contribution in [2.75, 3.05) is 6.54 Å². The number of amides is 1. The van der Waals surface area contributed by atoms with Crippen LogP contribution in [0.1, 0.15) is 35.1 Å². The fraction of sp³-hybridized carbons (Fsp3) is 0.312. The first-order valence-electron chi connectivity index (χ1n) is 8.07. The average molecular weight is 394 g/mol. The second-order valence-electron chi connectivity index (χ2n) is 6.02. The van der Waals surface area contributed by atoms with E-state index >= 15 is 0 Å². The number of carbonyl (C=O) groups excluding carboxylic acids is 1. The third-order valence-corrected chi connectivity index (χ3v) is 5.20. The standard InChI is InChI=1S/C16H13F3N6OS/c1-9-13-21-22-15(16(17,18)19)25(13)8-7-24(9)14(26)11-12(27-23-20-11)10-5-3-2-4-6-10/h2-6,9H,7-8H2,1H3. The van der Waals surface area contributed by atoms with Crippen LogP contribution in [0.5, 0.6) is 0 Å². The molecule has 0 bridgehead atoms. The highest BCUT2D eigenvalue weighted by Crippen LogP contribution is 2.34. The lowest BCUT2D eigenvalue weighted by atomic mass is 10.1. The maximum absolute atomic E-state index is 13.0. The Morgan fingerprint density at radius 3 is 2.59 bits per heavy atom. The monoisotopic (exact) mass is 394 g/mol. The number of rotatable bonds is 2. The minimum atomic E-state index is -4.59. The molecule has 1 aromatic carbocycles. The van der Waals surface area contributed by atoms with Crippen molar-refractivity contribution < 1.29 is 18.0 Å². The quantitative estimate of drug-likeness (QED) is 0.668. The van der Waals surface area contributed by atoms with Gasteiger partial charge in [-0.25, -0.2) is 0 Å². The Hall–Kier alpha value is -2.82. The largest absolute Gasteiger partial charge is 0.451 e. The molecular weight excluding hydrogens is 381 g/mol. The van der Waals surface area contributed by atoms with Crippen LogP contribution in [-0.4, -0.2) is 41.7 Å². The SMILES string of the molecule is CC1c2nnc(C(F)(F)F)n2CCN1C(=O)c1nnsc1-c1ccccc1. The Morgan fingerprint density at radius 1 is 1.15 bits per heavy atom. The molecule has 7 nitrogen and oxygen atoms in total. The van der Waals surface area contributed by atoms with Crippen LogP contribution in [0.3, 0.4) is 0 Å². The summed E-state index contributed by atoms with van der Waals surface area (Å²) in [4.78, 5) is 15.1. The molecule has 0 radical (unpaired) electrons. The first-order chi connectivity index (χ1) is 12.9. The Kier molecular flexibility index (Phi) is 4.17. The summed E-state index contributed by atoms with van der Waals surface area (Å²) in [6.07, 6.45) is -4.59. The van der Waals surface area contributed by atoms with Gasteiger partial charge >= 0.3 is 6.18 Å². The fourth-order valence-corrected chi connectivity index (χ4v) is 3.78. The van der Waals surface area contributed by atoms with Gasteiger partial charge in [0.05, 0.1) is 10.9 Å². The third kappa shape index (κ3) is 2.97. The van der Waals surface area contributed by atoms with Gasteiger partial charge in [0.15, 0.2) is 11.5 Å². The summed E-state index contributed by atoms with van der Waals surface area (Å²) in [5.74, 6) is -1.33. The van der Waals surface area contributed by atoms with Gasteiger partial charge in [-0.1, -0.05) is 34.8 Å². The maximum atomic E-state index is 13.0. The topological polar surface area (TPSA) is 76.8 Å². The minimum Gasteiger partial charge on any atom is -0.325 e. The van der Waals surface area contributed by atoms with Crippen molar-refractivity contribution in [1.29, 1.82) is 0 Å². The molecule has 140 valence electrons. The Labute approximate surface area is 155 Å². The number of carbonyl (C=O) groups is 1. The molecule has 0 aliphatic carbocycles. The van der Waals surface area contributed by atoms with Crippen molar-refractivity contribution in [3.8, 4) is 10.4 Å². The highest BCUT2D eigenvalue weighted by atomic mass is 32.1. The number of fused-ring (bicyclic) bond motifs is 1. The van der Waals surface area contributed by atoms with Crippen LogP contribution in [0, 0.1) is 0 Å². The number of nitrogens with zero attached hydrogens (tertiary/aromatic N) is 6. The maximum Gasteiger partial charge on any atom is 0.451 e. The number of alkyl halides is 3. The van der Waals surface area contributed by atoms with E-state index in [1.54, 1.807) is 6.92 Å². The number of hydrogen-bond acceptors (Lipinski definition) is 6. The molecule has 0 saturated heterocycles. The summed E-state index contributed by atoms with van der Waals surface area (Å²) in [6, 6.07) is 8.56. The smallest absolute Gasteiger partial charge is 0.325 e. The summed E-state index contributed by atoms with van der Waals surface area (Å²) in [6.45, 7) is 1.69. The third-order valence-electron chi connectivity index (χ3n) is 4.43. The normalized spacial score (nSPS) is 17.0. The molecule has 1 aliphatic rings. The zero-order valence-corrected chi connectivity index (χ0v) is 14.8. The van der Waals surface area contributed by atoms with Crippen LogP contribution in [0.4, 0.5) is 13.2 Å². The van der Waals surface area contributed by atoms with Crippen molar-refractivity contribution >= 4 is 17.4 Å². The summed E-state index contributed by atoms with van der Waals surface area (Å²) < 4.78 is 44.0. The van der Waals surface area contributed by atoms with E-state index in [-0.39, 0.29) is 24.6 Å². The second kappa shape index (κ2) is 6.41. The first kappa shape index (κ1) is 17.6. The van der Waals surface area contributed by atoms with Crippen molar-refractivity contribution in [3.05, 3.63) is 47.7 Å². The van der Waals surface area contributed by atoms with Crippen LogP contribution in [0.15, 0.2) is 30.3 Å². The van der Waals surface area contributed by atoms with Gasteiger partial charge in [0.1, 0.15) is 0 Å². The molecule has 2 aromatic heterocycles. The molecular formula is C16H13F3N6OS. The zero-order valence-electron chi connectivity index (χ0n) is 14.0. The molecule has 1 amide bonds. The predicted octanol–water partition coefficient (Wildman–Crippen LogP) is 3.03. The van der Waals surface area contributed by atoms with Crippen LogP contribution >= 0.6 is 11.5 Å². The Morgan fingerprint density at radius 2 is 1.89 bits per heavy atom. The number of aromatic nitrogens is 5. The molecule has 0 saturated carbocycles. The van der Waals surface area contributed by atoms with Crippen molar-refractivity contribution in [3.63, 3.8) is 0 Å². The van der Waals surface area contributed by atoms with Gasteiger partial charge in [-0.05, 0) is 24.0 Å².